The van der Waals surface area contributed by atoms with Crippen molar-refractivity contribution in [3.63, 3.8) is 0 Å². The van der Waals surface area contributed by atoms with Crippen molar-refractivity contribution in [2.75, 3.05) is 23.8 Å². The van der Waals surface area contributed by atoms with Gasteiger partial charge in [0.05, 0.1) is 24.5 Å². The largest absolute Gasteiger partial charge is 0.488 e. The molecule has 0 unspecified atom stereocenters. The number of pyridine rings is 1. The number of urea groups is 1. The maximum atomic E-state index is 13.9. The second kappa shape index (κ2) is 7.10. The highest BCUT2D eigenvalue weighted by molar-refractivity contribution is 5.99. The molecule has 2 N–H and O–H groups in total. The van der Waals surface area contributed by atoms with Gasteiger partial charge in [0, 0.05) is 30.4 Å². The lowest BCUT2D eigenvalue weighted by Crippen LogP contribution is -2.29. The molecule has 3 amide bonds. The molecule has 2 saturated heterocycles. The van der Waals surface area contributed by atoms with Crippen LogP contribution in [0.2, 0.25) is 0 Å². The summed E-state index contributed by atoms with van der Waals surface area (Å²) in [6.45, 7) is 0.743. The molecule has 3 heterocycles. The van der Waals surface area contributed by atoms with E-state index in [-0.39, 0.29) is 29.7 Å². The average Bonchev–Trinajstić information content (AvgIpc) is 3.16. The standard InChI is InChI=1S/C18H17FN4O4/c19-11-4-13(22-17(24)21-12-2-1-3-20-8-12)6-15(5-11)27-16-7-14-10-26-18(25)23(14)9-16/h1-6,8,14,16H,7,9-10H2,(H2,21,22,24)/t14-,16+/m0/s1. The molecule has 2 aromatic rings. The first-order chi connectivity index (χ1) is 13.1. The van der Waals surface area contributed by atoms with E-state index in [1.54, 1.807) is 23.2 Å². The number of fused-ring (bicyclic) bond motifs is 1. The van der Waals surface area contributed by atoms with E-state index in [2.05, 4.69) is 15.6 Å². The maximum Gasteiger partial charge on any atom is 0.410 e. The molecule has 27 heavy (non-hydrogen) atoms. The maximum absolute atomic E-state index is 13.9. The lowest BCUT2D eigenvalue weighted by Gasteiger charge is -2.16. The molecule has 2 fully saturated rings. The van der Waals surface area contributed by atoms with Gasteiger partial charge < -0.3 is 20.1 Å². The zero-order chi connectivity index (χ0) is 18.8. The van der Waals surface area contributed by atoms with E-state index >= 15 is 0 Å². The van der Waals surface area contributed by atoms with Crippen LogP contribution >= 0.6 is 0 Å². The highest BCUT2D eigenvalue weighted by Gasteiger charge is 2.42. The van der Waals surface area contributed by atoms with Crippen LogP contribution in [0.15, 0.2) is 42.7 Å². The van der Waals surface area contributed by atoms with E-state index in [9.17, 15) is 14.0 Å². The molecule has 9 heteroatoms. The number of amides is 3. The van der Waals surface area contributed by atoms with Crippen LogP contribution in [-0.4, -0.2) is 47.3 Å². The second-order valence-corrected chi connectivity index (χ2v) is 6.36. The number of benzene rings is 1. The monoisotopic (exact) mass is 372 g/mol. The summed E-state index contributed by atoms with van der Waals surface area (Å²) in [6, 6.07) is 6.82. The Morgan fingerprint density at radius 1 is 1.30 bits per heavy atom. The molecule has 1 aromatic heterocycles. The molecule has 0 saturated carbocycles. The third-order valence-corrected chi connectivity index (χ3v) is 4.36. The topological polar surface area (TPSA) is 92.8 Å². The number of ether oxygens (including phenoxy) is 2. The lowest BCUT2D eigenvalue weighted by atomic mass is 10.2. The fraction of sp³-hybridized carbons (Fsp3) is 0.278. The number of nitrogens with zero attached hydrogens (tertiary/aromatic N) is 2. The van der Waals surface area contributed by atoms with Gasteiger partial charge in [-0.1, -0.05) is 0 Å². The van der Waals surface area contributed by atoms with Crippen LogP contribution in [0.5, 0.6) is 5.75 Å². The van der Waals surface area contributed by atoms with Gasteiger partial charge in [-0.15, -0.1) is 0 Å². The van der Waals surface area contributed by atoms with Crippen molar-refractivity contribution in [2.24, 2.45) is 0 Å². The number of hydrogen-bond acceptors (Lipinski definition) is 5. The molecule has 2 aliphatic rings. The smallest absolute Gasteiger partial charge is 0.410 e. The molecular weight excluding hydrogens is 355 g/mol. The second-order valence-electron chi connectivity index (χ2n) is 6.36. The van der Waals surface area contributed by atoms with Gasteiger partial charge in [-0.2, -0.15) is 0 Å². The van der Waals surface area contributed by atoms with Crippen molar-refractivity contribution in [3.8, 4) is 5.75 Å². The number of hydrogen-bond donors (Lipinski definition) is 2. The molecule has 140 valence electrons. The molecule has 2 atom stereocenters. The third kappa shape index (κ3) is 3.91. The molecular formula is C18H17FN4O4. The van der Waals surface area contributed by atoms with Gasteiger partial charge in [0.2, 0.25) is 0 Å². The van der Waals surface area contributed by atoms with Crippen LogP contribution in [-0.2, 0) is 4.74 Å². The Morgan fingerprint density at radius 3 is 2.93 bits per heavy atom. The van der Waals surface area contributed by atoms with Crippen LogP contribution in [0.4, 0.5) is 25.4 Å². The fourth-order valence-corrected chi connectivity index (χ4v) is 3.22. The molecule has 1 aromatic carbocycles. The number of nitrogens with one attached hydrogen (secondary N) is 2. The Morgan fingerprint density at radius 2 is 2.15 bits per heavy atom. The zero-order valence-corrected chi connectivity index (χ0v) is 14.2. The number of cyclic esters (lactones) is 1. The number of carbonyl (C=O) groups excluding carboxylic acids is 2. The summed E-state index contributed by atoms with van der Waals surface area (Å²) in [7, 11) is 0. The van der Waals surface area contributed by atoms with Crippen LogP contribution in [0, 0.1) is 5.82 Å². The van der Waals surface area contributed by atoms with Gasteiger partial charge in [0.1, 0.15) is 24.3 Å². The average molecular weight is 372 g/mol. The number of anilines is 2. The van der Waals surface area contributed by atoms with Gasteiger partial charge in [0.25, 0.3) is 0 Å². The van der Waals surface area contributed by atoms with E-state index in [1.165, 1.54) is 24.4 Å². The summed E-state index contributed by atoms with van der Waals surface area (Å²) >= 11 is 0. The van der Waals surface area contributed by atoms with E-state index in [1.807, 2.05) is 0 Å². The van der Waals surface area contributed by atoms with E-state index in [4.69, 9.17) is 9.47 Å². The van der Waals surface area contributed by atoms with Crippen molar-refractivity contribution in [2.45, 2.75) is 18.6 Å². The summed E-state index contributed by atoms with van der Waals surface area (Å²) in [4.78, 5) is 29.1. The minimum atomic E-state index is -0.540. The van der Waals surface area contributed by atoms with Gasteiger partial charge in [-0.25, -0.2) is 14.0 Å². The van der Waals surface area contributed by atoms with Gasteiger partial charge in [-0.05, 0) is 18.2 Å². The summed E-state index contributed by atoms with van der Waals surface area (Å²) in [5.41, 5.74) is 0.769. The molecule has 0 spiro atoms. The Balaban J connectivity index is 1.39. The molecule has 2 aliphatic heterocycles. The highest BCUT2D eigenvalue weighted by Crippen LogP contribution is 2.29. The summed E-state index contributed by atoms with van der Waals surface area (Å²) in [6.07, 6.45) is 3.11. The molecule has 0 aliphatic carbocycles. The highest BCUT2D eigenvalue weighted by atomic mass is 19.1. The summed E-state index contributed by atoms with van der Waals surface area (Å²) in [5.74, 6) is -0.256. The predicted molar refractivity (Wildman–Crippen MR) is 94.2 cm³/mol. The van der Waals surface area contributed by atoms with Gasteiger partial charge >= 0.3 is 12.1 Å². The lowest BCUT2D eigenvalue weighted by molar-refractivity contribution is 0.143. The van der Waals surface area contributed by atoms with Crippen LogP contribution in [0.3, 0.4) is 0 Å². The van der Waals surface area contributed by atoms with E-state index < -0.39 is 11.8 Å². The third-order valence-electron chi connectivity index (χ3n) is 4.36. The first kappa shape index (κ1) is 17.1. The quantitative estimate of drug-likeness (QED) is 0.861. The van der Waals surface area contributed by atoms with Crippen molar-refractivity contribution >= 4 is 23.5 Å². The van der Waals surface area contributed by atoms with Crippen molar-refractivity contribution in [1.82, 2.24) is 9.88 Å². The molecule has 0 bridgehead atoms. The Kier molecular flexibility index (Phi) is 4.49. The van der Waals surface area contributed by atoms with Crippen molar-refractivity contribution in [3.05, 3.63) is 48.5 Å². The van der Waals surface area contributed by atoms with E-state index in [0.29, 0.717) is 25.3 Å². The summed E-state index contributed by atoms with van der Waals surface area (Å²) in [5, 5.41) is 5.16. The molecule has 4 rings (SSSR count). The van der Waals surface area contributed by atoms with Crippen molar-refractivity contribution < 1.29 is 23.5 Å². The first-order valence-electron chi connectivity index (χ1n) is 8.45. The van der Waals surface area contributed by atoms with Crippen LogP contribution in [0.1, 0.15) is 6.42 Å². The Hall–Kier alpha value is -3.36. The fourth-order valence-electron chi connectivity index (χ4n) is 3.22. The molecule has 8 nitrogen and oxygen atoms in total. The SMILES string of the molecule is O=C(Nc1cccnc1)Nc1cc(F)cc(O[C@@H]2C[C@H]3COC(=O)N3C2)c1. The summed E-state index contributed by atoms with van der Waals surface area (Å²) < 4.78 is 24.7. The Bertz CT molecular complexity index is 864. The minimum absolute atomic E-state index is 0.00101. The van der Waals surface area contributed by atoms with Crippen LogP contribution in [0.25, 0.3) is 0 Å². The first-order valence-corrected chi connectivity index (χ1v) is 8.45. The predicted octanol–water partition coefficient (Wildman–Crippen LogP) is 2.84. The van der Waals surface area contributed by atoms with Gasteiger partial charge in [-0.3, -0.25) is 9.88 Å². The normalized spacial score (nSPS) is 20.8. The number of halogens is 1. The number of rotatable bonds is 4. The number of carbonyl (C=O) groups is 2. The molecule has 0 radical (unpaired) electrons. The Labute approximate surface area is 154 Å². The van der Waals surface area contributed by atoms with Crippen LogP contribution < -0.4 is 15.4 Å². The van der Waals surface area contributed by atoms with Gasteiger partial charge in [0.15, 0.2) is 0 Å². The minimum Gasteiger partial charge on any atom is -0.488 e. The number of aromatic nitrogens is 1. The van der Waals surface area contributed by atoms with E-state index in [0.717, 1.165) is 0 Å². The zero-order valence-electron chi connectivity index (χ0n) is 14.2. The van der Waals surface area contributed by atoms with Crippen molar-refractivity contribution in [1.29, 1.82) is 0 Å².